The second-order valence-corrected chi connectivity index (χ2v) is 6.57. The fraction of sp³-hybridized carbons (Fsp3) is 0.438. The zero-order valence-corrected chi connectivity index (χ0v) is 13.1. The van der Waals surface area contributed by atoms with Gasteiger partial charge in [0, 0.05) is 17.3 Å². The molecule has 2 nitrogen and oxygen atoms in total. The van der Waals surface area contributed by atoms with Gasteiger partial charge in [-0.1, -0.05) is 50.6 Å². The van der Waals surface area contributed by atoms with Crippen LogP contribution in [-0.4, -0.2) is 9.55 Å². The van der Waals surface area contributed by atoms with Crippen LogP contribution in [-0.2, 0) is 5.41 Å². The Bertz CT molecular complexity index is 611. The van der Waals surface area contributed by atoms with Crippen LogP contribution in [0.3, 0.4) is 0 Å². The summed E-state index contributed by atoms with van der Waals surface area (Å²) in [6.45, 7) is 10.9. The lowest BCUT2D eigenvalue weighted by atomic mass is 9.92. The summed E-state index contributed by atoms with van der Waals surface area (Å²) in [7, 11) is 0. The maximum atomic E-state index is 5.45. The van der Waals surface area contributed by atoms with E-state index in [-0.39, 0.29) is 11.5 Å². The number of imidazole rings is 1. The standard InChI is InChI=1S/C16H22N2S/c1-11-6-8-13(9-7-11)12(2)18-14(16(3,4)5)10-17-15(18)19/h6-10,12H,1-5H3,(H,17,19). The van der Waals surface area contributed by atoms with Gasteiger partial charge in [0.15, 0.2) is 4.77 Å². The highest BCUT2D eigenvalue weighted by Crippen LogP contribution is 2.28. The molecular weight excluding hydrogens is 252 g/mol. The lowest BCUT2D eigenvalue weighted by Gasteiger charge is -2.25. The summed E-state index contributed by atoms with van der Waals surface area (Å²) in [5.41, 5.74) is 3.88. The van der Waals surface area contributed by atoms with Crippen molar-refractivity contribution in [2.75, 3.05) is 0 Å². The number of aromatic amines is 1. The number of H-pyrrole nitrogens is 1. The molecule has 0 spiro atoms. The van der Waals surface area contributed by atoms with Crippen molar-refractivity contribution in [1.29, 1.82) is 0 Å². The van der Waals surface area contributed by atoms with E-state index in [2.05, 4.69) is 68.4 Å². The molecule has 1 atom stereocenters. The first-order chi connectivity index (χ1) is 8.80. The Morgan fingerprint density at radius 3 is 2.26 bits per heavy atom. The quantitative estimate of drug-likeness (QED) is 0.783. The van der Waals surface area contributed by atoms with E-state index < -0.39 is 0 Å². The topological polar surface area (TPSA) is 20.7 Å². The molecule has 0 saturated heterocycles. The second kappa shape index (κ2) is 4.97. The number of benzene rings is 1. The van der Waals surface area contributed by atoms with E-state index in [4.69, 9.17) is 12.2 Å². The third-order valence-corrected chi connectivity index (χ3v) is 3.84. The van der Waals surface area contributed by atoms with Crippen LogP contribution in [0.15, 0.2) is 30.5 Å². The van der Waals surface area contributed by atoms with Crippen LogP contribution in [0, 0.1) is 11.7 Å². The van der Waals surface area contributed by atoms with Crippen LogP contribution in [0.1, 0.15) is 50.6 Å². The summed E-state index contributed by atoms with van der Waals surface area (Å²) in [5, 5.41) is 0. The molecule has 0 aliphatic heterocycles. The Labute approximate surface area is 120 Å². The molecule has 1 aromatic heterocycles. The van der Waals surface area contributed by atoms with E-state index in [0.717, 1.165) is 4.77 Å². The number of nitrogens with one attached hydrogen (secondary N) is 1. The Hall–Kier alpha value is -1.35. The van der Waals surface area contributed by atoms with E-state index in [9.17, 15) is 0 Å². The average molecular weight is 274 g/mol. The Morgan fingerprint density at radius 2 is 1.74 bits per heavy atom. The van der Waals surface area contributed by atoms with Gasteiger partial charge in [-0.3, -0.25) is 0 Å². The van der Waals surface area contributed by atoms with Gasteiger partial charge in [-0.2, -0.15) is 0 Å². The lowest BCUT2D eigenvalue weighted by Crippen LogP contribution is -2.20. The van der Waals surface area contributed by atoms with Gasteiger partial charge in [-0.25, -0.2) is 0 Å². The zero-order valence-electron chi connectivity index (χ0n) is 12.3. The smallest absolute Gasteiger partial charge is 0.177 e. The van der Waals surface area contributed by atoms with Crippen LogP contribution in [0.4, 0.5) is 0 Å². The van der Waals surface area contributed by atoms with E-state index in [0.29, 0.717) is 0 Å². The molecule has 2 aromatic rings. The third kappa shape index (κ3) is 2.81. The molecule has 1 unspecified atom stereocenters. The molecule has 0 radical (unpaired) electrons. The van der Waals surface area contributed by atoms with Gasteiger partial charge in [0.05, 0.1) is 6.04 Å². The van der Waals surface area contributed by atoms with Crippen LogP contribution in [0.2, 0.25) is 0 Å². The Kier molecular flexibility index (Phi) is 3.68. The first kappa shape index (κ1) is 14.1. The SMILES string of the molecule is Cc1ccc(C(C)n2c(C(C)(C)C)c[nH]c2=S)cc1. The minimum Gasteiger partial charge on any atom is -0.337 e. The van der Waals surface area contributed by atoms with Crippen molar-refractivity contribution < 1.29 is 0 Å². The van der Waals surface area contributed by atoms with Crippen LogP contribution < -0.4 is 0 Å². The van der Waals surface area contributed by atoms with Gasteiger partial charge in [-0.05, 0) is 31.6 Å². The number of aromatic nitrogens is 2. The Balaban J connectivity index is 2.50. The number of hydrogen-bond acceptors (Lipinski definition) is 1. The van der Waals surface area contributed by atoms with Crippen molar-refractivity contribution in [3.63, 3.8) is 0 Å². The van der Waals surface area contributed by atoms with Gasteiger partial charge in [0.2, 0.25) is 0 Å². The second-order valence-electron chi connectivity index (χ2n) is 6.19. The predicted octanol–water partition coefficient (Wildman–Crippen LogP) is 4.76. The molecule has 3 heteroatoms. The lowest BCUT2D eigenvalue weighted by molar-refractivity contribution is 0.495. The molecule has 2 rings (SSSR count). The van der Waals surface area contributed by atoms with Crippen molar-refractivity contribution in [2.45, 2.75) is 46.1 Å². The van der Waals surface area contributed by atoms with Gasteiger partial charge in [0.1, 0.15) is 0 Å². The summed E-state index contributed by atoms with van der Waals surface area (Å²) >= 11 is 5.45. The van der Waals surface area contributed by atoms with Crippen molar-refractivity contribution in [3.05, 3.63) is 52.1 Å². The third-order valence-electron chi connectivity index (χ3n) is 3.53. The maximum Gasteiger partial charge on any atom is 0.177 e. The summed E-state index contributed by atoms with van der Waals surface area (Å²) < 4.78 is 3.01. The molecule has 19 heavy (non-hydrogen) atoms. The molecule has 0 amide bonds. The molecule has 1 heterocycles. The molecule has 0 fully saturated rings. The number of hydrogen-bond donors (Lipinski definition) is 1. The monoisotopic (exact) mass is 274 g/mol. The average Bonchev–Trinajstić information content (AvgIpc) is 2.71. The molecule has 1 aromatic carbocycles. The van der Waals surface area contributed by atoms with Gasteiger partial charge >= 0.3 is 0 Å². The number of rotatable bonds is 2. The van der Waals surface area contributed by atoms with Gasteiger partial charge < -0.3 is 9.55 Å². The minimum absolute atomic E-state index is 0.0759. The first-order valence-electron chi connectivity index (χ1n) is 6.67. The predicted molar refractivity (Wildman–Crippen MR) is 83.3 cm³/mol. The van der Waals surface area contributed by atoms with Crippen molar-refractivity contribution in [1.82, 2.24) is 9.55 Å². The minimum atomic E-state index is 0.0759. The van der Waals surface area contributed by atoms with E-state index >= 15 is 0 Å². The van der Waals surface area contributed by atoms with E-state index in [1.807, 2.05) is 6.20 Å². The van der Waals surface area contributed by atoms with Crippen molar-refractivity contribution in [3.8, 4) is 0 Å². The van der Waals surface area contributed by atoms with Crippen LogP contribution in [0.5, 0.6) is 0 Å². The highest BCUT2D eigenvalue weighted by Gasteiger charge is 2.22. The number of aryl methyl sites for hydroxylation is 1. The highest BCUT2D eigenvalue weighted by molar-refractivity contribution is 7.71. The largest absolute Gasteiger partial charge is 0.337 e. The normalized spacial score (nSPS) is 13.5. The summed E-state index contributed by atoms with van der Waals surface area (Å²) in [4.78, 5) is 3.18. The molecule has 0 aliphatic carbocycles. The zero-order chi connectivity index (χ0) is 14.2. The fourth-order valence-electron chi connectivity index (χ4n) is 2.33. The van der Waals surface area contributed by atoms with Crippen molar-refractivity contribution >= 4 is 12.2 Å². The molecule has 0 saturated carbocycles. The summed E-state index contributed by atoms with van der Waals surface area (Å²) in [6.07, 6.45) is 2.03. The fourth-order valence-corrected chi connectivity index (χ4v) is 2.65. The summed E-state index contributed by atoms with van der Waals surface area (Å²) in [5.74, 6) is 0. The van der Waals surface area contributed by atoms with Gasteiger partial charge in [0.25, 0.3) is 0 Å². The number of nitrogens with zero attached hydrogens (tertiary/aromatic N) is 1. The molecule has 102 valence electrons. The first-order valence-corrected chi connectivity index (χ1v) is 7.08. The van der Waals surface area contributed by atoms with Crippen LogP contribution in [0.25, 0.3) is 0 Å². The maximum absolute atomic E-state index is 5.45. The molecular formula is C16H22N2S. The summed E-state index contributed by atoms with van der Waals surface area (Å²) in [6, 6.07) is 8.91. The van der Waals surface area contributed by atoms with Crippen LogP contribution >= 0.6 is 12.2 Å². The Morgan fingerprint density at radius 1 is 1.16 bits per heavy atom. The van der Waals surface area contributed by atoms with E-state index in [1.54, 1.807) is 0 Å². The molecule has 0 bridgehead atoms. The van der Waals surface area contributed by atoms with Crippen molar-refractivity contribution in [2.24, 2.45) is 0 Å². The molecule has 1 N–H and O–H groups in total. The highest BCUT2D eigenvalue weighted by atomic mass is 32.1. The van der Waals surface area contributed by atoms with E-state index in [1.165, 1.54) is 16.8 Å². The van der Waals surface area contributed by atoms with Gasteiger partial charge in [-0.15, -0.1) is 0 Å². The molecule has 0 aliphatic rings.